The maximum atomic E-state index is 6.33. The SMILES string of the molecule is CC(CC1CCCCN1)Nc1cc2c(cc1Cl)OCCO2. The molecule has 2 unspecified atom stereocenters. The molecule has 0 aromatic heterocycles. The molecule has 2 atom stereocenters. The Morgan fingerprint density at radius 2 is 2.05 bits per heavy atom. The van der Waals surface area contributed by atoms with Crippen molar-refractivity contribution in [1.82, 2.24) is 5.32 Å². The average molecular weight is 311 g/mol. The van der Waals surface area contributed by atoms with Gasteiger partial charge in [-0.3, -0.25) is 0 Å². The Kier molecular flexibility index (Phi) is 4.76. The van der Waals surface area contributed by atoms with E-state index in [1.165, 1.54) is 19.3 Å². The first kappa shape index (κ1) is 14.8. The first-order valence-electron chi connectivity index (χ1n) is 7.81. The monoisotopic (exact) mass is 310 g/mol. The summed E-state index contributed by atoms with van der Waals surface area (Å²) >= 11 is 6.33. The zero-order valence-corrected chi connectivity index (χ0v) is 13.2. The van der Waals surface area contributed by atoms with Gasteiger partial charge in [-0.25, -0.2) is 0 Å². The van der Waals surface area contributed by atoms with Crippen molar-refractivity contribution in [3.05, 3.63) is 17.2 Å². The fourth-order valence-electron chi connectivity index (χ4n) is 3.05. The molecule has 2 aliphatic heterocycles. The van der Waals surface area contributed by atoms with Crippen molar-refractivity contribution in [3.63, 3.8) is 0 Å². The highest BCUT2D eigenvalue weighted by Gasteiger charge is 2.19. The molecule has 0 bridgehead atoms. The molecule has 2 heterocycles. The number of fused-ring (bicyclic) bond motifs is 1. The molecule has 0 saturated carbocycles. The predicted molar refractivity (Wildman–Crippen MR) is 85.8 cm³/mol. The van der Waals surface area contributed by atoms with E-state index in [0.29, 0.717) is 30.3 Å². The second-order valence-electron chi connectivity index (χ2n) is 5.90. The zero-order chi connectivity index (χ0) is 14.7. The van der Waals surface area contributed by atoms with Crippen LogP contribution in [0.2, 0.25) is 5.02 Å². The predicted octanol–water partition coefficient (Wildman–Crippen LogP) is 3.44. The lowest BCUT2D eigenvalue weighted by atomic mass is 9.98. The van der Waals surface area contributed by atoms with E-state index >= 15 is 0 Å². The van der Waals surface area contributed by atoms with Gasteiger partial charge in [-0.1, -0.05) is 18.0 Å². The van der Waals surface area contributed by atoms with Crippen molar-refractivity contribution >= 4 is 17.3 Å². The van der Waals surface area contributed by atoms with Crippen LogP contribution >= 0.6 is 11.6 Å². The van der Waals surface area contributed by atoms with E-state index in [0.717, 1.165) is 30.2 Å². The minimum Gasteiger partial charge on any atom is -0.486 e. The molecule has 1 saturated heterocycles. The van der Waals surface area contributed by atoms with Gasteiger partial charge in [0.2, 0.25) is 0 Å². The molecule has 1 fully saturated rings. The van der Waals surface area contributed by atoms with Crippen LogP contribution in [0.4, 0.5) is 5.69 Å². The lowest BCUT2D eigenvalue weighted by molar-refractivity contribution is 0.171. The van der Waals surface area contributed by atoms with E-state index in [1.54, 1.807) is 0 Å². The highest BCUT2D eigenvalue weighted by atomic mass is 35.5. The third-order valence-electron chi connectivity index (χ3n) is 4.08. The number of benzene rings is 1. The first-order chi connectivity index (χ1) is 10.2. The van der Waals surface area contributed by atoms with E-state index in [1.807, 2.05) is 12.1 Å². The van der Waals surface area contributed by atoms with Gasteiger partial charge in [0, 0.05) is 24.2 Å². The first-order valence-corrected chi connectivity index (χ1v) is 8.19. The molecule has 21 heavy (non-hydrogen) atoms. The number of nitrogens with one attached hydrogen (secondary N) is 2. The van der Waals surface area contributed by atoms with Crippen molar-refractivity contribution in [2.45, 2.75) is 44.7 Å². The van der Waals surface area contributed by atoms with Crippen molar-refractivity contribution in [2.75, 3.05) is 25.1 Å². The number of hydrogen-bond acceptors (Lipinski definition) is 4. The topological polar surface area (TPSA) is 42.5 Å². The van der Waals surface area contributed by atoms with Crippen molar-refractivity contribution in [2.24, 2.45) is 0 Å². The standard InChI is InChI=1S/C16H23ClN2O2/c1-11(8-12-4-2-3-5-18-12)19-14-10-16-15(9-13(14)17)20-6-7-21-16/h9-12,18-19H,2-8H2,1H3. The van der Waals surface area contributed by atoms with Gasteiger partial charge >= 0.3 is 0 Å². The molecule has 1 aromatic rings. The summed E-state index contributed by atoms with van der Waals surface area (Å²) in [5.74, 6) is 1.51. The molecule has 116 valence electrons. The van der Waals surface area contributed by atoms with Crippen LogP contribution in [0.25, 0.3) is 0 Å². The van der Waals surface area contributed by atoms with Crippen molar-refractivity contribution < 1.29 is 9.47 Å². The quantitative estimate of drug-likeness (QED) is 0.894. The van der Waals surface area contributed by atoms with Gasteiger partial charge in [-0.2, -0.15) is 0 Å². The molecule has 0 aliphatic carbocycles. The highest BCUT2D eigenvalue weighted by Crippen LogP contribution is 2.38. The molecular formula is C16H23ClN2O2. The summed E-state index contributed by atoms with van der Waals surface area (Å²) in [7, 11) is 0. The van der Waals surface area contributed by atoms with E-state index in [9.17, 15) is 0 Å². The Bertz CT molecular complexity index is 489. The van der Waals surface area contributed by atoms with Gasteiger partial charge in [0.1, 0.15) is 13.2 Å². The van der Waals surface area contributed by atoms with Gasteiger partial charge in [-0.15, -0.1) is 0 Å². The van der Waals surface area contributed by atoms with Gasteiger partial charge in [0.05, 0.1) is 10.7 Å². The van der Waals surface area contributed by atoms with Crippen LogP contribution in [-0.4, -0.2) is 31.8 Å². The van der Waals surface area contributed by atoms with Gasteiger partial charge in [0.25, 0.3) is 0 Å². The maximum absolute atomic E-state index is 6.33. The average Bonchev–Trinajstić information content (AvgIpc) is 2.49. The van der Waals surface area contributed by atoms with E-state index in [2.05, 4.69) is 17.6 Å². The number of ether oxygens (including phenoxy) is 2. The molecule has 2 N–H and O–H groups in total. The minimum absolute atomic E-state index is 0.362. The van der Waals surface area contributed by atoms with Crippen LogP contribution in [0.1, 0.15) is 32.6 Å². The lowest BCUT2D eigenvalue weighted by Gasteiger charge is -2.27. The van der Waals surface area contributed by atoms with Crippen LogP contribution in [0, 0.1) is 0 Å². The lowest BCUT2D eigenvalue weighted by Crippen LogP contribution is -2.37. The Balaban J connectivity index is 1.63. The number of rotatable bonds is 4. The Labute approximate surface area is 131 Å². The largest absolute Gasteiger partial charge is 0.486 e. The number of halogens is 1. The molecule has 3 rings (SSSR count). The van der Waals surface area contributed by atoms with Crippen molar-refractivity contribution in [1.29, 1.82) is 0 Å². The van der Waals surface area contributed by atoms with Gasteiger partial charge in [0.15, 0.2) is 11.5 Å². The normalized spacial score (nSPS) is 22.7. The molecule has 5 heteroatoms. The summed E-state index contributed by atoms with van der Waals surface area (Å²) in [5, 5.41) is 7.77. The molecule has 0 radical (unpaired) electrons. The smallest absolute Gasteiger partial charge is 0.163 e. The zero-order valence-electron chi connectivity index (χ0n) is 12.5. The number of anilines is 1. The summed E-state index contributed by atoms with van der Waals surface area (Å²) in [6, 6.07) is 4.75. The Hall–Kier alpha value is -1.13. The third-order valence-corrected chi connectivity index (χ3v) is 4.40. The van der Waals surface area contributed by atoms with E-state index in [4.69, 9.17) is 21.1 Å². The molecule has 0 amide bonds. The molecular weight excluding hydrogens is 288 g/mol. The van der Waals surface area contributed by atoms with Crippen LogP contribution in [-0.2, 0) is 0 Å². The molecule has 2 aliphatic rings. The summed E-state index contributed by atoms with van der Waals surface area (Å²) in [4.78, 5) is 0. The van der Waals surface area contributed by atoms with Crippen LogP contribution in [0.3, 0.4) is 0 Å². The van der Waals surface area contributed by atoms with Crippen molar-refractivity contribution in [3.8, 4) is 11.5 Å². The van der Waals surface area contributed by atoms with Gasteiger partial charge < -0.3 is 20.1 Å². The fraction of sp³-hybridized carbons (Fsp3) is 0.625. The molecule has 4 nitrogen and oxygen atoms in total. The number of piperidine rings is 1. The van der Waals surface area contributed by atoms with Gasteiger partial charge in [-0.05, 0) is 32.7 Å². The summed E-state index contributed by atoms with van der Waals surface area (Å²) < 4.78 is 11.2. The Morgan fingerprint density at radius 3 is 2.76 bits per heavy atom. The summed E-state index contributed by atoms with van der Waals surface area (Å²) in [5.41, 5.74) is 0.921. The molecule has 1 aromatic carbocycles. The Morgan fingerprint density at radius 1 is 1.29 bits per heavy atom. The van der Waals surface area contributed by atoms with Crippen LogP contribution < -0.4 is 20.1 Å². The van der Waals surface area contributed by atoms with Crippen LogP contribution in [0.15, 0.2) is 12.1 Å². The fourth-order valence-corrected chi connectivity index (χ4v) is 3.26. The van der Waals surface area contributed by atoms with Crippen LogP contribution in [0.5, 0.6) is 11.5 Å². The maximum Gasteiger partial charge on any atom is 0.163 e. The summed E-state index contributed by atoms with van der Waals surface area (Å²) in [6.07, 6.45) is 4.99. The second kappa shape index (κ2) is 6.75. The third kappa shape index (κ3) is 3.74. The highest BCUT2D eigenvalue weighted by molar-refractivity contribution is 6.33. The van der Waals surface area contributed by atoms with E-state index < -0.39 is 0 Å². The second-order valence-corrected chi connectivity index (χ2v) is 6.31. The molecule has 0 spiro atoms. The number of hydrogen-bond donors (Lipinski definition) is 2. The van der Waals surface area contributed by atoms with E-state index in [-0.39, 0.29) is 0 Å². The minimum atomic E-state index is 0.362. The summed E-state index contributed by atoms with van der Waals surface area (Å²) in [6.45, 7) is 4.51.